The van der Waals surface area contributed by atoms with E-state index in [2.05, 4.69) is 22.3 Å². The summed E-state index contributed by atoms with van der Waals surface area (Å²) in [6, 6.07) is 24.7. The molecule has 4 rings (SSSR count). The lowest BCUT2D eigenvalue weighted by atomic mass is 10.1. The first kappa shape index (κ1) is 19.0. The molecule has 148 valence electrons. The summed E-state index contributed by atoms with van der Waals surface area (Å²) in [5, 5.41) is 3.09. The zero-order valence-corrected chi connectivity index (χ0v) is 16.2. The van der Waals surface area contributed by atoms with Crippen molar-refractivity contribution in [1.82, 2.24) is 4.90 Å². The Bertz CT molecular complexity index is 954. The van der Waals surface area contributed by atoms with Gasteiger partial charge in [0, 0.05) is 44.0 Å². The van der Waals surface area contributed by atoms with Crippen molar-refractivity contribution in [1.29, 1.82) is 0 Å². The Kier molecular flexibility index (Phi) is 5.75. The van der Waals surface area contributed by atoms with E-state index in [1.807, 2.05) is 48.5 Å². The van der Waals surface area contributed by atoms with Crippen LogP contribution in [-0.4, -0.2) is 37.0 Å². The van der Waals surface area contributed by atoms with Crippen molar-refractivity contribution in [2.24, 2.45) is 0 Å². The highest BCUT2D eigenvalue weighted by Gasteiger charge is 2.23. The molecule has 1 aliphatic rings. The number of hydrogen-bond acceptors (Lipinski definition) is 3. The van der Waals surface area contributed by atoms with Gasteiger partial charge in [-0.15, -0.1) is 0 Å². The molecule has 1 amide bonds. The van der Waals surface area contributed by atoms with Crippen molar-refractivity contribution in [2.45, 2.75) is 6.54 Å². The van der Waals surface area contributed by atoms with Gasteiger partial charge in [-0.05, 0) is 35.9 Å². The average Bonchev–Trinajstić information content (AvgIpc) is 2.79. The Morgan fingerprint density at radius 3 is 2.17 bits per heavy atom. The lowest BCUT2D eigenvalue weighted by molar-refractivity contribution is 0.0746. The van der Waals surface area contributed by atoms with Crippen molar-refractivity contribution in [3.63, 3.8) is 0 Å². The van der Waals surface area contributed by atoms with Gasteiger partial charge in [0.1, 0.15) is 5.82 Å². The second-order valence-corrected chi connectivity index (χ2v) is 7.15. The average molecular weight is 389 g/mol. The molecule has 1 fully saturated rings. The van der Waals surface area contributed by atoms with E-state index in [-0.39, 0.29) is 5.91 Å². The third-order valence-electron chi connectivity index (χ3n) is 5.23. The number of anilines is 2. The number of amides is 1. The van der Waals surface area contributed by atoms with Gasteiger partial charge < -0.3 is 15.1 Å². The van der Waals surface area contributed by atoms with Gasteiger partial charge >= 0.3 is 0 Å². The van der Waals surface area contributed by atoms with Crippen molar-refractivity contribution < 1.29 is 9.18 Å². The normalized spacial score (nSPS) is 14.0. The van der Waals surface area contributed by atoms with Crippen LogP contribution in [0.4, 0.5) is 15.8 Å². The number of carbonyl (C=O) groups excluding carboxylic acids is 1. The first-order valence-electron chi connectivity index (χ1n) is 9.87. The van der Waals surface area contributed by atoms with Gasteiger partial charge in [-0.1, -0.05) is 48.5 Å². The molecule has 0 aliphatic carbocycles. The number of carbonyl (C=O) groups is 1. The number of hydrogen-bond donors (Lipinski definition) is 1. The highest BCUT2D eigenvalue weighted by molar-refractivity contribution is 5.94. The minimum absolute atomic E-state index is 0.119. The van der Waals surface area contributed by atoms with Crippen LogP contribution in [0.5, 0.6) is 0 Å². The zero-order chi connectivity index (χ0) is 20.1. The second-order valence-electron chi connectivity index (χ2n) is 7.15. The van der Waals surface area contributed by atoms with E-state index in [9.17, 15) is 9.18 Å². The SMILES string of the molecule is O=C(c1ccc(NCc2ccccc2)c(F)c1)N1CCN(c2ccccc2)CC1. The number of rotatable bonds is 5. The van der Waals surface area contributed by atoms with Crippen LogP contribution in [0.1, 0.15) is 15.9 Å². The molecule has 3 aromatic carbocycles. The molecule has 1 saturated heterocycles. The molecular weight excluding hydrogens is 365 g/mol. The summed E-state index contributed by atoms with van der Waals surface area (Å²) in [7, 11) is 0. The van der Waals surface area contributed by atoms with Gasteiger partial charge in [0.05, 0.1) is 5.69 Å². The van der Waals surface area contributed by atoms with E-state index >= 15 is 0 Å². The van der Waals surface area contributed by atoms with E-state index in [1.165, 1.54) is 11.8 Å². The van der Waals surface area contributed by atoms with Gasteiger partial charge in [-0.2, -0.15) is 0 Å². The van der Waals surface area contributed by atoms with Crippen LogP contribution >= 0.6 is 0 Å². The number of nitrogens with zero attached hydrogens (tertiary/aromatic N) is 2. The molecule has 29 heavy (non-hydrogen) atoms. The van der Waals surface area contributed by atoms with Gasteiger partial charge in [0.15, 0.2) is 0 Å². The molecule has 0 unspecified atom stereocenters. The third kappa shape index (κ3) is 4.57. The van der Waals surface area contributed by atoms with Crippen molar-refractivity contribution in [2.75, 3.05) is 36.4 Å². The number of nitrogens with one attached hydrogen (secondary N) is 1. The van der Waals surface area contributed by atoms with E-state index in [1.54, 1.807) is 17.0 Å². The molecule has 0 atom stereocenters. The highest BCUT2D eigenvalue weighted by atomic mass is 19.1. The Labute approximate surface area is 170 Å². The highest BCUT2D eigenvalue weighted by Crippen LogP contribution is 2.20. The van der Waals surface area contributed by atoms with Gasteiger partial charge in [0.25, 0.3) is 5.91 Å². The standard InChI is InChI=1S/C24H24FN3O/c25-22-17-20(11-12-23(22)26-18-19-7-3-1-4-8-19)24(29)28-15-13-27(14-16-28)21-9-5-2-6-10-21/h1-12,17,26H,13-16,18H2. The summed E-state index contributed by atoms with van der Waals surface area (Å²) >= 11 is 0. The van der Waals surface area contributed by atoms with E-state index in [0.29, 0.717) is 30.9 Å². The minimum atomic E-state index is -0.408. The van der Waals surface area contributed by atoms with Crippen LogP contribution in [0.25, 0.3) is 0 Å². The Balaban J connectivity index is 1.36. The summed E-state index contributed by atoms with van der Waals surface area (Å²) in [6.45, 7) is 3.34. The van der Waals surface area contributed by atoms with Crippen LogP contribution in [0.15, 0.2) is 78.9 Å². The van der Waals surface area contributed by atoms with Crippen LogP contribution in [0, 0.1) is 5.82 Å². The quantitative estimate of drug-likeness (QED) is 0.703. The van der Waals surface area contributed by atoms with E-state index in [4.69, 9.17) is 0 Å². The fourth-order valence-corrected chi connectivity index (χ4v) is 3.57. The van der Waals surface area contributed by atoms with Crippen LogP contribution < -0.4 is 10.2 Å². The van der Waals surface area contributed by atoms with Gasteiger partial charge in [0.2, 0.25) is 0 Å². The number of para-hydroxylation sites is 1. The number of piperazine rings is 1. The fourth-order valence-electron chi connectivity index (χ4n) is 3.57. The smallest absolute Gasteiger partial charge is 0.254 e. The Morgan fingerprint density at radius 2 is 1.52 bits per heavy atom. The molecule has 0 radical (unpaired) electrons. The van der Waals surface area contributed by atoms with Crippen molar-refractivity contribution >= 4 is 17.3 Å². The van der Waals surface area contributed by atoms with E-state index < -0.39 is 5.82 Å². The molecule has 0 spiro atoms. The summed E-state index contributed by atoms with van der Waals surface area (Å²) in [4.78, 5) is 16.9. The van der Waals surface area contributed by atoms with Crippen LogP contribution in [0.2, 0.25) is 0 Å². The third-order valence-corrected chi connectivity index (χ3v) is 5.23. The second kappa shape index (κ2) is 8.78. The molecule has 5 heteroatoms. The predicted molar refractivity (Wildman–Crippen MR) is 115 cm³/mol. The number of benzene rings is 3. The monoisotopic (exact) mass is 389 g/mol. The molecule has 1 N–H and O–H groups in total. The summed E-state index contributed by atoms with van der Waals surface area (Å²) in [5.74, 6) is -0.527. The maximum atomic E-state index is 14.5. The summed E-state index contributed by atoms with van der Waals surface area (Å²) in [6.07, 6.45) is 0. The molecule has 3 aromatic rings. The maximum absolute atomic E-state index is 14.5. The number of halogens is 1. The van der Waals surface area contributed by atoms with Crippen LogP contribution in [-0.2, 0) is 6.54 Å². The van der Waals surface area contributed by atoms with Gasteiger partial charge in [-0.3, -0.25) is 4.79 Å². The molecule has 1 heterocycles. The van der Waals surface area contributed by atoms with Crippen molar-refractivity contribution in [3.05, 3.63) is 95.8 Å². The largest absolute Gasteiger partial charge is 0.379 e. The summed E-state index contributed by atoms with van der Waals surface area (Å²) < 4.78 is 14.5. The first-order valence-corrected chi connectivity index (χ1v) is 9.87. The van der Waals surface area contributed by atoms with E-state index in [0.717, 1.165) is 18.7 Å². The molecule has 1 aliphatic heterocycles. The van der Waals surface area contributed by atoms with Crippen LogP contribution in [0.3, 0.4) is 0 Å². The lowest BCUT2D eigenvalue weighted by Crippen LogP contribution is -2.48. The maximum Gasteiger partial charge on any atom is 0.254 e. The van der Waals surface area contributed by atoms with Gasteiger partial charge in [-0.25, -0.2) is 4.39 Å². The van der Waals surface area contributed by atoms with Crippen molar-refractivity contribution in [3.8, 4) is 0 Å². The first-order chi connectivity index (χ1) is 14.2. The molecule has 0 bridgehead atoms. The zero-order valence-electron chi connectivity index (χ0n) is 16.2. The lowest BCUT2D eigenvalue weighted by Gasteiger charge is -2.36. The topological polar surface area (TPSA) is 35.6 Å². The Morgan fingerprint density at radius 1 is 0.862 bits per heavy atom. The Hall–Kier alpha value is -3.34. The molecule has 0 saturated carbocycles. The predicted octanol–water partition coefficient (Wildman–Crippen LogP) is 4.40. The minimum Gasteiger partial charge on any atom is -0.379 e. The molecule has 4 nitrogen and oxygen atoms in total. The molecular formula is C24H24FN3O. The fraction of sp³-hybridized carbons (Fsp3) is 0.208. The summed E-state index contributed by atoms with van der Waals surface area (Å²) in [5.41, 5.74) is 3.03. The molecule has 0 aromatic heterocycles.